The minimum atomic E-state index is -0.225. The minimum Gasteiger partial charge on any atom is -0.399 e. The molecule has 7 heteroatoms. The Morgan fingerprint density at radius 1 is 1.00 bits per heavy atom. The van der Waals surface area contributed by atoms with Crippen LogP contribution in [0.1, 0.15) is 21.5 Å². The Kier molecular flexibility index (Phi) is 4.07. The van der Waals surface area contributed by atoms with Crippen LogP contribution >= 0.6 is 0 Å². The van der Waals surface area contributed by atoms with Crippen molar-refractivity contribution in [2.75, 3.05) is 16.4 Å². The first-order valence-electron chi connectivity index (χ1n) is 9.34. The molecule has 1 amide bonds. The second-order valence-electron chi connectivity index (χ2n) is 7.04. The maximum Gasteiger partial charge on any atom is 0.257 e. The Balaban J connectivity index is 1.42. The van der Waals surface area contributed by atoms with Crippen molar-refractivity contribution >= 4 is 45.2 Å². The molecule has 1 aliphatic heterocycles. The van der Waals surface area contributed by atoms with Crippen LogP contribution < -0.4 is 16.4 Å². The second-order valence-corrected chi connectivity index (χ2v) is 7.04. The smallest absolute Gasteiger partial charge is 0.257 e. The van der Waals surface area contributed by atoms with E-state index in [1.54, 1.807) is 54.9 Å². The molecule has 2 heterocycles. The first-order valence-corrected chi connectivity index (χ1v) is 9.34. The Hall–Kier alpha value is -4.39. The molecule has 3 aromatic carbocycles. The first-order chi connectivity index (χ1) is 14.6. The molecule has 4 aromatic rings. The number of carbonyl (C=O) groups excluding carboxylic acids is 2. The van der Waals surface area contributed by atoms with Gasteiger partial charge in [-0.3, -0.25) is 14.7 Å². The van der Waals surface area contributed by atoms with Gasteiger partial charge in [-0.1, -0.05) is 12.1 Å². The summed E-state index contributed by atoms with van der Waals surface area (Å²) in [5, 5.41) is 13.9. The van der Waals surface area contributed by atoms with Gasteiger partial charge in [-0.05, 0) is 48.5 Å². The number of nitrogen functional groups attached to an aromatic ring is 1. The lowest BCUT2D eigenvalue weighted by Gasteiger charge is -2.05. The van der Waals surface area contributed by atoms with Gasteiger partial charge in [0, 0.05) is 45.3 Å². The van der Waals surface area contributed by atoms with Crippen LogP contribution in [0.2, 0.25) is 0 Å². The van der Waals surface area contributed by atoms with E-state index >= 15 is 0 Å². The van der Waals surface area contributed by atoms with Gasteiger partial charge < -0.3 is 16.4 Å². The lowest BCUT2D eigenvalue weighted by atomic mass is 9.99. The quantitative estimate of drug-likeness (QED) is 0.239. The van der Waals surface area contributed by atoms with Crippen LogP contribution in [-0.2, 0) is 4.79 Å². The predicted molar refractivity (Wildman–Crippen MR) is 117 cm³/mol. The highest BCUT2D eigenvalue weighted by Gasteiger charge is 2.25. The third-order valence-electron chi connectivity index (χ3n) is 5.06. The van der Waals surface area contributed by atoms with E-state index in [1.807, 2.05) is 18.2 Å². The zero-order chi connectivity index (χ0) is 20.7. The van der Waals surface area contributed by atoms with Gasteiger partial charge in [-0.2, -0.15) is 5.10 Å². The third-order valence-corrected chi connectivity index (χ3v) is 5.06. The van der Waals surface area contributed by atoms with Crippen LogP contribution in [0.15, 0.2) is 73.1 Å². The summed E-state index contributed by atoms with van der Waals surface area (Å²) in [6, 6.07) is 17.7. The van der Waals surface area contributed by atoms with Crippen molar-refractivity contribution in [3.05, 3.63) is 89.8 Å². The molecule has 146 valence electrons. The van der Waals surface area contributed by atoms with Gasteiger partial charge in [0.2, 0.25) is 0 Å². The molecule has 0 saturated heterocycles. The standard InChI is InChI=1S/C23H17N5O2/c24-16-5-1-13(2-6-16)22(29)14-4-8-18-19(23(30)27-21(18)9-14)12-25-17-7-3-15-11-26-28-20(15)10-17/h1-12,25H,24H2,(H,26,28)(H,27,30). The van der Waals surface area contributed by atoms with Crippen molar-refractivity contribution in [2.24, 2.45) is 0 Å². The number of ketones is 1. The zero-order valence-electron chi connectivity index (χ0n) is 15.8. The summed E-state index contributed by atoms with van der Waals surface area (Å²) < 4.78 is 0. The van der Waals surface area contributed by atoms with E-state index in [-0.39, 0.29) is 11.7 Å². The number of nitrogens with one attached hydrogen (secondary N) is 3. The van der Waals surface area contributed by atoms with E-state index in [2.05, 4.69) is 20.8 Å². The summed E-state index contributed by atoms with van der Waals surface area (Å²) in [6.45, 7) is 0. The lowest BCUT2D eigenvalue weighted by molar-refractivity contribution is -0.110. The van der Waals surface area contributed by atoms with Gasteiger partial charge in [0.1, 0.15) is 0 Å². The number of aromatic amines is 1. The summed E-state index contributed by atoms with van der Waals surface area (Å²) in [4.78, 5) is 25.2. The van der Waals surface area contributed by atoms with E-state index < -0.39 is 0 Å². The average molecular weight is 395 g/mol. The molecule has 7 nitrogen and oxygen atoms in total. The topological polar surface area (TPSA) is 113 Å². The summed E-state index contributed by atoms with van der Waals surface area (Å²) >= 11 is 0. The predicted octanol–water partition coefficient (Wildman–Crippen LogP) is 3.78. The number of nitrogens with zero attached hydrogens (tertiary/aromatic N) is 1. The molecule has 30 heavy (non-hydrogen) atoms. The van der Waals surface area contributed by atoms with Crippen LogP contribution in [0.5, 0.6) is 0 Å². The molecule has 0 saturated carbocycles. The Bertz CT molecular complexity index is 1340. The van der Waals surface area contributed by atoms with Crippen molar-refractivity contribution < 1.29 is 9.59 Å². The molecule has 1 aliphatic rings. The number of amides is 1. The fraction of sp³-hybridized carbons (Fsp3) is 0. The monoisotopic (exact) mass is 395 g/mol. The number of aromatic nitrogens is 2. The highest BCUT2D eigenvalue weighted by molar-refractivity contribution is 6.32. The van der Waals surface area contributed by atoms with Crippen molar-refractivity contribution in [2.45, 2.75) is 0 Å². The van der Waals surface area contributed by atoms with Crippen LogP contribution in [0.25, 0.3) is 16.5 Å². The van der Waals surface area contributed by atoms with Crippen molar-refractivity contribution in [3.63, 3.8) is 0 Å². The molecule has 0 spiro atoms. The number of H-pyrrole nitrogens is 1. The summed E-state index contributed by atoms with van der Waals surface area (Å²) in [5.74, 6) is -0.354. The van der Waals surface area contributed by atoms with Crippen molar-refractivity contribution in [1.29, 1.82) is 0 Å². The van der Waals surface area contributed by atoms with E-state index in [1.165, 1.54) is 0 Å². The average Bonchev–Trinajstić information content (AvgIpc) is 3.34. The van der Waals surface area contributed by atoms with E-state index in [0.29, 0.717) is 28.1 Å². The molecule has 0 aliphatic carbocycles. The fourth-order valence-corrected chi connectivity index (χ4v) is 3.46. The molecule has 0 fully saturated rings. The Labute approximate surface area is 171 Å². The zero-order valence-corrected chi connectivity index (χ0v) is 15.8. The van der Waals surface area contributed by atoms with Gasteiger partial charge in [0.15, 0.2) is 5.78 Å². The lowest BCUT2D eigenvalue weighted by Crippen LogP contribution is -2.05. The molecule has 5 N–H and O–H groups in total. The SMILES string of the molecule is Nc1ccc(C(=O)c2ccc3c(c2)NC(=O)C3=CNc2ccc3cn[nH]c3c2)cc1. The maximum absolute atomic E-state index is 12.7. The Morgan fingerprint density at radius 2 is 1.80 bits per heavy atom. The number of rotatable bonds is 4. The van der Waals surface area contributed by atoms with E-state index in [9.17, 15) is 9.59 Å². The van der Waals surface area contributed by atoms with Crippen molar-refractivity contribution in [3.8, 4) is 0 Å². The van der Waals surface area contributed by atoms with Gasteiger partial charge in [0.25, 0.3) is 5.91 Å². The molecule has 0 unspecified atom stereocenters. The van der Waals surface area contributed by atoms with Crippen LogP contribution in [0, 0.1) is 0 Å². The molecular weight excluding hydrogens is 378 g/mol. The number of nitrogens with two attached hydrogens (primary N) is 1. The van der Waals surface area contributed by atoms with Gasteiger partial charge in [-0.25, -0.2) is 0 Å². The summed E-state index contributed by atoms with van der Waals surface area (Å²) in [6.07, 6.45) is 3.42. The third kappa shape index (κ3) is 3.08. The molecule has 0 atom stereocenters. The maximum atomic E-state index is 12.7. The van der Waals surface area contributed by atoms with Crippen LogP contribution in [0.3, 0.4) is 0 Å². The van der Waals surface area contributed by atoms with Crippen LogP contribution in [-0.4, -0.2) is 21.9 Å². The Morgan fingerprint density at radius 3 is 2.63 bits per heavy atom. The largest absolute Gasteiger partial charge is 0.399 e. The number of anilines is 3. The molecule has 0 bridgehead atoms. The normalized spacial score (nSPS) is 14.0. The number of fused-ring (bicyclic) bond motifs is 2. The molecule has 5 rings (SSSR count). The summed E-state index contributed by atoms with van der Waals surface area (Å²) in [7, 11) is 0. The molecule has 1 aromatic heterocycles. The van der Waals surface area contributed by atoms with Crippen molar-refractivity contribution in [1.82, 2.24) is 10.2 Å². The molecular formula is C23H17N5O2. The van der Waals surface area contributed by atoms with Crippen LogP contribution in [0.4, 0.5) is 17.1 Å². The summed E-state index contributed by atoms with van der Waals surface area (Å²) in [5.41, 5.74) is 10.9. The highest BCUT2D eigenvalue weighted by atomic mass is 16.2. The van der Waals surface area contributed by atoms with Gasteiger partial charge in [-0.15, -0.1) is 0 Å². The number of benzene rings is 3. The first kappa shape index (κ1) is 17.7. The van der Waals surface area contributed by atoms with Gasteiger partial charge >= 0.3 is 0 Å². The van der Waals surface area contributed by atoms with Gasteiger partial charge in [0.05, 0.1) is 17.3 Å². The number of hydrogen-bond acceptors (Lipinski definition) is 5. The fourth-order valence-electron chi connectivity index (χ4n) is 3.46. The number of hydrogen-bond donors (Lipinski definition) is 4. The minimum absolute atomic E-state index is 0.129. The second kappa shape index (κ2) is 6.89. The highest BCUT2D eigenvalue weighted by Crippen LogP contribution is 2.33. The molecule has 0 radical (unpaired) electrons. The number of carbonyl (C=O) groups is 2. The van der Waals surface area contributed by atoms with E-state index in [4.69, 9.17) is 5.73 Å². The van der Waals surface area contributed by atoms with E-state index in [0.717, 1.165) is 22.2 Å².